The van der Waals surface area contributed by atoms with Crippen LogP contribution >= 0.6 is 11.6 Å². The molecule has 0 aromatic heterocycles. The number of fused-ring (bicyclic) bond motifs is 1. The van der Waals surface area contributed by atoms with Crippen LogP contribution in [0.25, 0.3) is 0 Å². The van der Waals surface area contributed by atoms with Crippen LogP contribution in [-0.2, 0) is 9.59 Å². The topological polar surface area (TPSA) is 109 Å². The van der Waals surface area contributed by atoms with Crippen molar-refractivity contribution < 1.29 is 71.6 Å². The third kappa shape index (κ3) is 4.31. The van der Waals surface area contributed by atoms with E-state index >= 15 is 0 Å². The quantitative estimate of drug-likeness (QED) is 0.544. The number of hydrogen-bond acceptors (Lipinski definition) is 4. The van der Waals surface area contributed by atoms with Gasteiger partial charge in [0.25, 0.3) is 5.91 Å². The fraction of sp³-hybridized carbons (Fsp3) is 0.0625. The molecule has 0 radical (unpaired) electrons. The van der Waals surface area contributed by atoms with Crippen LogP contribution in [-0.4, -0.2) is 34.2 Å². The zero-order chi connectivity index (χ0) is 15.7. The van der Waals surface area contributed by atoms with Gasteiger partial charge in [0.2, 0.25) is 6.04 Å². The summed E-state index contributed by atoms with van der Waals surface area (Å²) in [4.78, 5) is 27.5. The maximum absolute atomic E-state index is 12.0. The minimum absolute atomic E-state index is 0. The van der Waals surface area contributed by atoms with E-state index in [2.05, 4.69) is 10.3 Å². The fourth-order valence-corrected chi connectivity index (χ4v) is 2.45. The zero-order valence-electron chi connectivity index (χ0n) is 12.7. The average molecular weight is 371 g/mol. The Morgan fingerprint density at radius 1 is 1.17 bits per heavy atom. The number of rotatable bonds is 2. The minimum Gasteiger partial charge on any atom is -0.870 e. The van der Waals surface area contributed by atoms with Crippen molar-refractivity contribution in [3.63, 3.8) is 0 Å². The SMILES string of the molecule is O=C(O)C1N=C(c2ccccc2)c2cc(Cl)ccc2NC1=O.[K+].[OH-]. The number of amides is 1. The molecular weight excluding hydrogens is 359 g/mol. The summed E-state index contributed by atoms with van der Waals surface area (Å²) in [5.41, 5.74) is 2.22. The molecule has 1 aliphatic heterocycles. The van der Waals surface area contributed by atoms with E-state index in [4.69, 9.17) is 11.6 Å². The molecule has 2 aromatic rings. The number of nitrogens with zero attached hydrogens (tertiary/aromatic N) is 1. The predicted octanol–water partition coefficient (Wildman–Crippen LogP) is -0.590. The van der Waals surface area contributed by atoms with Crippen molar-refractivity contribution in [1.29, 1.82) is 0 Å². The number of nitrogens with one attached hydrogen (secondary N) is 1. The number of anilines is 1. The van der Waals surface area contributed by atoms with E-state index in [9.17, 15) is 14.7 Å². The third-order valence-corrected chi connectivity index (χ3v) is 3.52. The van der Waals surface area contributed by atoms with Crippen molar-refractivity contribution in [2.24, 2.45) is 4.99 Å². The van der Waals surface area contributed by atoms with Crippen LogP contribution in [0.5, 0.6) is 0 Å². The summed E-state index contributed by atoms with van der Waals surface area (Å²) in [6, 6.07) is 12.5. The summed E-state index contributed by atoms with van der Waals surface area (Å²) < 4.78 is 0. The van der Waals surface area contributed by atoms with Crippen LogP contribution in [0.1, 0.15) is 11.1 Å². The number of halogens is 1. The first-order valence-electron chi connectivity index (χ1n) is 6.53. The maximum Gasteiger partial charge on any atom is 1.00 e. The van der Waals surface area contributed by atoms with Crippen molar-refractivity contribution in [1.82, 2.24) is 0 Å². The molecule has 0 saturated heterocycles. The van der Waals surface area contributed by atoms with Gasteiger partial charge in [0, 0.05) is 16.1 Å². The molecule has 118 valence electrons. The van der Waals surface area contributed by atoms with Gasteiger partial charge in [-0.05, 0) is 18.2 Å². The molecule has 2 aromatic carbocycles. The Balaban J connectivity index is 0.00000144. The van der Waals surface area contributed by atoms with E-state index in [0.29, 0.717) is 27.5 Å². The van der Waals surface area contributed by atoms with Crippen LogP contribution in [0.2, 0.25) is 5.02 Å². The zero-order valence-corrected chi connectivity index (χ0v) is 16.6. The predicted molar refractivity (Wildman–Crippen MR) is 85.5 cm³/mol. The molecule has 0 bridgehead atoms. The summed E-state index contributed by atoms with van der Waals surface area (Å²) in [5.74, 6) is -1.98. The molecule has 1 atom stereocenters. The van der Waals surface area contributed by atoms with Crippen molar-refractivity contribution in [2.75, 3.05) is 5.32 Å². The Bertz CT molecular complexity index is 796. The summed E-state index contributed by atoms with van der Waals surface area (Å²) in [6.45, 7) is 0. The molecule has 1 aliphatic rings. The Kier molecular flexibility index (Phi) is 7.75. The van der Waals surface area contributed by atoms with E-state index in [1.54, 1.807) is 30.3 Å². The number of hydrogen-bond donors (Lipinski definition) is 2. The molecule has 24 heavy (non-hydrogen) atoms. The number of carbonyl (C=O) groups is 2. The first-order chi connectivity index (χ1) is 10.6. The Labute approximate surface area is 185 Å². The molecule has 8 heteroatoms. The first kappa shape index (κ1) is 21.0. The molecule has 0 aliphatic carbocycles. The Hall–Kier alpha value is -1.06. The summed E-state index contributed by atoms with van der Waals surface area (Å²) in [5, 5.41) is 12.3. The van der Waals surface area contributed by atoms with Crippen molar-refractivity contribution in [2.45, 2.75) is 6.04 Å². The average Bonchev–Trinajstić information content (AvgIpc) is 2.64. The Morgan fingerprint density at radius 2 is 1.83 bits per heavy atom. The fourth-order valence-electron chi connectivity index (χ4n) is 2.27. The van der Waals surface area contributed by atoms with Gasteiger partial charge in [-0.1, -0.05) is 41.9 Å². The molecule has 0 fully saturated rings. The molecule has 3 rings (SSSR count). The van der Waals surface area contributed by atoms with Crippen LogP contribution in [0.15, 0.2) is 53.5 Å². The number of carbonyl (C=O) groups excluding carboxylic acids is 1. The minimum atomic E-state index is -1.50. The normalized spacial score (nSPS) is 15.6. The van der Waals surface area contributed by atoms with Gasteiger partial charge in [-0.3, -0.25) is 9.79 Å². The number of aliphatic carboxylic acids is 1. The van der Waals surface area contributed by atoms with Gasteiger partial charge < -0.3 is 15.9 Å². The van der Waals surface area contributed by atoms with Gasteiger partial charge in [0.15, 0.2) is 0 Å². The number of carboxylic acids is 1. The maximum atomic E-state index is 12.0. The number of carboxylic acid groups (broad SMARTS) is 1. The van der Waals surface area contributed by atoms with E-state index in [1.807, 2.05) is 18.2 Å². The molecule has 1 heterocycles. The molecule has 3 N–H and O–H groups in total. The van der Waals surface area contributed by atoms with Crippen molar-refractivity contribution in [3.8, 4) is 0 Å². The molecule has 0 saturated carbocycles. The first-order valence-corrected chi connectivity index (χ1v) is 6.91. The van der Waals surface area contributed by atoms with Crippen LogP contribution in [0, 0.1) is 0 Å². The van der Waals surface area contributed by atoms with Crippen molar-refractivity contribution in [3.05, 3.63) is 64.7 Å². The standard InChI is InChI=1S/C16H11ClN2O3.K.H2O/c17-10-6-7-12-11(8-10)13(9-4-2-1-3-5-9)19-14(16(21)22)15(20)18-12;;/h1-8,14H,(H,18,20)(H,21,22);;1H2/q;+1;/p-1. The summed E-state index contributed by atoms with van der Waals surface area (Å²) >= 11 is 6.03. The summed E-state index contributed by atoms with van der Waals surface area (Å²) in [6.07, 6.45) is 0. The van der Waals surface area contributed by atoms with Gasteiger partial charge in [-0.15, -0.1) is 0 Å². The molecular formula is C16H12ClKN2O4. The van der Waals surface area contributed by atoms with Gasteiger partial charge in [-0.25, -0.2) is 4.79 Å². The molecule has 1 unspecified atom stereocenters. The van der Waals surface area contributed by atoms with Crippen LogP contribution < -0.4 is 56.7 Å². The van der Waals surface area contributed by atoms with Gasteiger partial charge in [0.1, 0.15) is 0 Å². The van der Waals surface area contributed by atoms with Gasteiger partial charge >= 0.3 is 57.4 Å². The number of benzodiazepines with no additional fused rings is 1. The van der Waals surface area contributed by atoms with E-state index in [0.717, 1.165) is 0 Å². The molecule has 0 spiro atoms. The molecule has 1 amide bonds. The summed E-state index contributed by atoms with van der Waals surface area (Å²) in [7, 11) is 0. The Morgan fingerprint density at radius 3 is 2.46 bits per heavy atom. The molecule has 6 nitrogen and oxygen atoms in total. The van der Waals surface area contributed by atoms with Gasteiger partial charge in [0.05, 0.1) is 11.4 Å². The van der Waals surface area contributed by atoms with E-state index < -0.39 is 17.9 Å². The van der Waals surface area contributed by atoms with Crippen LogP contribution in [0.3, 0.4) is 0 Å². The second-order valence-electron chi connectivity index (χ2n) is 4.76. The third-order valence-electron chi connectivity index (χ3n) is 3.28. The van der Waals surface area contributed by atoms with Crippen LogP contribution in [0.4, 0.5) is 5.69 Å². The largest absolute Gasteiger partial charge is 1.00 e. The second-order valence-corrected chi connectivity index (χ2v) is 5.20. The smallest absolute Gasteiger partial charge is 0.870 e. The van der Waals surface area contributed by atoms with E-state index in [-0.39, 0.29) is 56.9 Å². The van der Waals surface area contributed by atoms with Crippen molar-refractivity contribution >= 4 is 34.9 Å². The van der Waals surface area contributed by atoms with E-state index in [1.165, 1.54) is 0 Å². The second kappa shape index (κ2) is 8.86. The monoisotopic (exact) mass is 370 g/mol. The number of benzene rings is 2. The van der Waals surface area contributed by atoms with Gasteiger partial charge in [-0.2, -0.15) is 0 Å². The number of aliphatic imine (C=N–C) groups is 1.